The summed E-state index contributed by atoms with van der Waals surface area (Å²) < 4.78 is 5.22. The van der Waals surface area contributed by atoms with Gasteiger partial charge in [0.1, 0.15) is 0 Å². The molecule has 1 saturated heterocycles. The van der Waals surface area contributed by atoms with Gasteiger partial charge in [-0.25, -0.2) is 0 Å². The lowest BCUT2D eigenvalue weighted by Crippen LogP contribution is -1.94. The van der Waals surface area contributed by atoms with Crippen molar-refractivity contribution in [3.05, 3.63) is 0 Å². The molecule has 2 fully saturated rings. The maximum absolute atomic E-state index is 5.22. The van der Waals surface area contributed by atoms with Crippen molar-refractivity contribution in [1.29, 1.82) is 0 Å². The highest BCUT2D eigenvalue weighted by atomic mass is 16.5. The van der Waals surface area contributed by atoms with Crippen molar-refractivity contribution in [3.8, 4) is 11.8 Å². The van der Waals surface area contributed by atoms with Crippen LogP contribution in [0.15, 0.2) is 0 Å². The van der Waals surface area contributed by atoms with E-state index in [1.807, 2.05) is 6.92 Å². The minimum Gasteiger partial charge on any atom is -0.381 e. The summed E-state index contributed by atoms with van der Waals surface area (Å²) in [7, 11) is 0. The van der Waals surface area contributed by atoms with E-state index >= 15 is 0 Å². The van der Waals surface area contributed by atoms with E-state index in [4.69, 9.17) is 4.74 Å². The second-order valence-corrected chi connectivity index (χ2v) is 2.79. The van der Waals surface area contributed by atoms with Crippen LogP contribution in [-0.4, -0.2) is 13.2 Å². The van der Waals surface area contributed by atoms with E-state index in [2.05, 4.69) is 11.8 Å². The molecule has 2 rings (SSSR count). The Bertz CT molecular complexity index is 165. The summed E-state index contributed by atoms with van der Waals surface area (Å²) in [6.07, 6.45) is 0. The number of rotatable bonds is 0. The number of ether oxygens (including phenoxy) is 1. The van der Waals surface area contributed by atoms with E-state index in [9.17, 15) is 0 Å². The van der Waals surface area contributed by atoms with Crippen LogP contribution in [0, 0.1) is 29.6 Å². The third-order valence-corrected chi connectivity index (χ3v) is 2.26. The van der Waals surface area contributed by atoms with Gasteiger partial charge in [-0.3, -0.25) is 0 Å². The topological polar surface area (TPSA) is 9.23 Å². The van der Waals surface area contributed by atoms with E-state index in [0.717, 1.165) is 25.0 Å². The lowest BCUT2D eigenvalue weighted by molar-refractivity contribution is 0.158. The quantitative estimate of drug-likeness (QED) is 0.434. The Morgan fingerprint density at radius 2 is 2.00 bits per heavy atom. The van der Waals surface area contributed by atoms with E-state index in [1.54, 1.807) is 0 Å². The highest BCUT2D eigenvalue weighted by Gasteiger charge is 2.53. The van der Waals surface area contributed by atoms with Crippen LogP contribution in [0.5, 0.6) is 0 Å². The highest BCUT2D eigenvalue weighted by Crippen LogP contribution is 2.50. The first-order valence-electron chi connectivity index (χ1n) is 3.43. The summed E-state index contributed by atoms with van der Waals surface area (Å²) in [6, 6.07) is 0. The van der Waals surface area contributed by atoms with Gasteiger partial charge in [0.05, 0.1) is 13.2 Å². The predicted octanol–water partition coefficient (Wildman–Crippen LogP) is 0.902. The predicted molar refractivity (Wildman–Crippen MR) is 34.7 cm³/mol. The Morgan fingerprint density at radius 1 is 1.33 bits per heavy atom. The summed E-state index contributed by atoms with van der Waals surface area (Å²) >= 11 is 0. The van der Waals surface area contributed by atoms with Gasteiger partial charge in [-0.15, -0.1) is 5.92 Å². The zero-order valence-electron chi connectivity index (χ0n) is 5.55. The largest absolute Gasteiger partial charge is 0.381 e. The van der Waals surface area contributed by atoms with E-state index in [-0.39, 0.29) is 0 Å². The molecule has 0 spiro atoms. The molecular formula is C8H10O. The molecule has 0 aromatic carbocycles. The van der Waals surface area contributed by atoms with Gasteiger partial charge < -0.3 is 4.74 Å². The SMILES string of the molecule is CC#C[C@@H]1[C@H]2COC[C@@H]12. The molecule has 2 aliphatic rings. The van der Waals surface area contributed by atoms with Crippen LogP contribution in [0.4, 0.5) is 0 Å². The van der Waals surface area contributed by atoms with Crippen LogP contribution in [0.25, 0.3) is 0 Å². The molecular weight excluding hydrogens is 112 g/mol. The van der Waals surface area contributed by atoms with Gasteiger partial charge in [0, 0.05) is 17.8 Å². The second kappa shape index (κ2) is 1.75. The summed E-state index contributed by atoms with van der Waals surface area (Å²) in [5.41, 5.74) is 0. The molecule has 1 heteroatoms. The van der Waals surface area contributed by atoms with Gasteiger partial charge in [-0.2, -0.15) is 0 Å². The fourth-order valence-electron chi connectivity index (χ4n) is 1.62. The van der Waals surface area contributed by atoms with Crippen LogP contribution in [0.3, 0.4) is 0 Å². The van der Waals surface area contributed by atoms with Gasteiger partial charge in [0.15, 0.2) is 0 Å². The molecule has 0 bridgehead atoms. The number of hydrogen-bond acceptors (Lipinski definition) is 1. The van der Waals surface area contributed by atoms with Crippen LogP contribution < -0.4 is 0 Å². The first kappa shape index (κ1) is 5.32. The fourth-order valence-corrected chi connectivity index (χ4v) is 1.62. The smallest absolute Gasteiger partial charge is 0.0510 e. The Labute approximate surface area is 55.4 Å². The third-order valence-electron chi connectivity index (χ3n) is 2.26. The molecule has 0 amide bonds. The molecule has 48 valence electrons. The average Bonchev–Trinajstić information content (AvgIpc) is 2.39. The number of hydrogen-bond donors (Lipinski definition) is 0. The van der Waals surface area contributed by atoms with E-state index in [0.29, 0.717) is 5.92 Å². The standard InChI is InChI=1S/C8H10O/c1-2-3-6-7-4-9-5-8(6)7/h6-8H,4-5H2,1H3/t6-,7-,8+. The average molecular weight is 122 g/mol. The first-order chi connectivity index (χ1) is 4.43. The van der Waals surface area contributed by atoms with Crippen molar-refractivity contribution in [1.82, 2.24) is 0 Å². The summed E-state index contributed by atoms with van der Waals surface area (Å²) in [4.78, 5) is 0. The summed E-state index contributed by atoms with van der Waals surface area (Å²) in [5, 5.41) is 0. The minimum atomic E-state index is 0.698. The Morgan fingerprint density at radius 3 is 2.56 bits per heavy atom. The van der Waals surface area contributed by atoms with Crippen molar-refractivity contribution in [2.24, 2.45) is 17.8 Å². The molecule has 1 saturated carbocycles. The van der Waals surface area contributed by atoms with Crippen molar-refractivity contribution in [3.63, 3.8) is 0 Å². The lowest BCUT2D eigenvalue weighted by atomic mass is 10.3. The van der Waals surface area contributed by atoms with Gasteiger partial charge in [0.2, 0.25) is 0 Å². The molecule has 0 aromatic rings. The van der Waals surface area contributed by atoms with Crippen molar-refractivity contribution < 1.29 is 4.74 Å². The van der Waals surface area contributed by atoms with Crippen LogP contribution in [0.1, 0.15) is 6.92 Å². The van der Waals surface area contributed by atoms with E-state index in [1.165, 1.54) is 0 Å². The van der Waals surface area contributed by atoms with Crippen LogP contribution in [-0.2, 0) is 4.74 Å². The molecule has 1 aliphatic carbocycles. The van der Waals surface area contributed by atoms with Crippen LogP contribution >= 0.6 is 0 Å². The molecule has 1 heterocycles. The molecule has 1 aliphatic heterocycles. The summed E-state index contributed by atoms with van der Waals surface area (Å²) in [5.74, 6) is 8.45. The molecule has 1 nitrogen and oxygen atoms in total. The Balaban J connectivity index is 1.99. The maximum Gasteiger partial charge on any atom is 0.0510 e. The van der Waals surface area contributed by atoms with Crippen molar-refractivity contribution in [2.75, 3.05) is 13.2 Å². The van der Waals surface area contributed by atoms with Crippen molar-refractivity contribution >= 4 is 0 Å². The zero-order valence-corrected chi connectivity index (χ0v) is 5.55. The molecule has 0 radical (unpaired) electrons. The first-order valence-corrected chi connectivity index (χ1v) is 3.43. The third kappa shape index (κ3) is 0.668. The highest BCUT2D eigenvalue weighted by molar-refractivity contribution is 5.17. The molecule has 0 unspecified atom stereocenters. The lowest BCUT2D eigenvalue weighted by Gasteiger charge is -1.93. The van der Waals surface area contributed by atoms with Crippen LogP contribution in [0.2, 0.25) is 0 Å². The number of fused-ring (bicyclic) bond motifs is 1. The van der Waals surface area contributed by atoms with E-state index < -0.39 is 0 Å². The van der Waals surface area contributed by atoms with Crippen molar-refractivity contribution in [2.45, 2.75) is 6.92 Å². The Hall–Kier alpha value is -0.480. The molecule has 3 atom stereocenters. The maximum atomic E-state index is 5.22. The van der Waals surface area contributed by atoms with Gasteiger partial charge in [-0.1, -0.05) is 5.92 Å². The van der Waals surface area contributed by atoms with Gasteiger partial charge in [-0.05, 0) is 6.92 Å². The van der Waals surface area contributed by atoms with Gasteiger partial charge >= 0.3 is 0 Å². The normalized spacial score (nSPS) is 45.2. The summed E-state index contributed by atoms with van der Waals surface area (Å²) in [6.45, 7) is 3.84. The minimum absolute atomic E-state index is 0.698. The second-order valence-electron chi connectivity index (χ2n) is 2.79. The molecule has 0 N–H and O–H groups in total. The van der Waals surface area contributed by atoms with Gasteiger partial charge in [0.25, 0.3) is 0 Å². The molecule has 0 aromatic heterocycles. The monoisotopic (exact) mass is 122 g/mol. The fraction of sp³-hybridized carbons (Fsp3) is 0.750. The zero-order chi connectivity index (χ0) is 6.27. The Kier molecular flexibility index (Phi) is 1.03. The molecule has 9 heavy (non-hydrogen) atoms.